The van der Waals surface area contributed by atoms with Gasteiger partial charge in [-0.3, -0.25) is 4.79 Å². The Hall–Kier alpha value is -2.95. The maximum atomic E-state index is 12.2. The molecule has 0 unspecified atom stereocenters. The van der Waals surface area contributed by atoms with Crippen molar-refractivity contribution < 1.29 is 4.79 Å². The van der Waals surface area contributed by atoms with Gasteiger partial charge in [0.2, 0.25) is 0 Å². The molecule has 24 heavy (non-hydrogen) atoms. The number of carbonyl (C=O) groups is 1. The van der Waals surface area contributed by atoms with Crippen LogP contribution in [0.4, 0.5) is 11.6 Å². The number of aromatic nitrogens is 2. The molecule has 0 aliphatic carbocycles. The lowest BCUT2D eigenvalue weighted by Crippen LogP contribution is -2.19. The lowest BCUT2D eigenvalue weighted by molar-refractivity contribution is 0.102. The van der Waals surface area contributed by atoms with E-state index in [1.54, 1.807) is 18.2 Å². The van der Waals surface area contributed by atoms with Crippen molar-refractivity contribution >= 4 is 28.6 Å². The van der Waals surface area contributed by atoms with Gasteiger partial charge in [0, 0.05) is 24.0 Å². The van der Waals surface area contributed by atoms with E-state index in [1.807, 2.05) is 36.4 Å². The quantitative estimate of drug-likeness (QED) is 0.803. The standard InChI is InChI=1S/C19H18N4O/c24-19(15-6-2-1-3-7-15)21-16-10-8-14-9-11-17(22-18(14)20-16)23-12-4-5-13-23/h1-3,6-11H,4-5,12-13H2,(H,20,21,22,24). The summed E-state index contributed by atoms with van der Waals surface area (Å²) in [6.45, 7) is 2.09. The average molecular weight is 318 g/mol. The molecule has 1 amide bonds. The first-order valence-electron chi connectivity index (χ1n) is 8.19. The number of benzene rings is 1. The molecule has 4 rings (SSSR count). The molecule has 3 heterocycles. The largest absolute Gasteiger partial charge is 0.357 e. The maximum Gasteiger partial charge on any atom is 0.256 e. The van der Waals surface area contributed by atoms with Crippen LogP contribution in [-0.4, -0.2) is 29.0 Å². The van der Waals surface area contributed by atoms with E-state index in [1.165, 1.54) is 12.8 Å². The second-order valence-corrected chi connectivity index (χ2v) is 5.93. The fourth-order valence-electron chi connectivity index (χ4n) is 2.96. The summed E-state index contributed by atoms with van der Waals surface area (Å²) in [7, 11) is 0. The van der Waals surface area contributed by atoms with Crippen LogP contribution < -0.4 is 10.2 Å². The van der Waals surface area contributed by atoms with E-state index in [0.717, 1.165) is 24.3 Å². The second-order valence-electron chi connectivity index (χ2n) is 5.93. The van der Waals surface area contributed by atoms with E-state index < -0.39 is 0 Å². The van der Waals surface area contributed by atoms with Gasteiger partial charge in [-0.25, -0.2) is 9.97 Å². The van der Waals surface area contributed by atoms with Crippen LogP contribution in [0.5, 0.6) is 0 Å². The van der Waals surface area contributed by atoms with E-state index in [2.05, 4.69) is 20.2 Å². The molecule has 1 saturated heterocycles. The van der Waals surface area contributed by atoms with Crippen molar-refractivity contribution in [3.8, 4) is 0 Å². The molecule has 0 spiro atoms. The molecule has 0 bridgehead atoms. The molecular formula is C19H18N4O. The van der Waals surface area contributed by atoms with Gasteiger partial charge in [0.25, 0.3) is 5.91 Å². The van der Waals surface area contributed by atoms with Gasteiger partial charge >= 0.3 is 0 Å². The van der Waals surface area contributed by atoms with Crippen LogP contribution in [0.1, 0.15) is 23.2 Å². The number of nitrogens with one attached hydrogen (secondary N) is 1. The summed E-state index contributed by atoms with van der Waals surface area (Å²) in [4.78, 5) is 23.7. The Morgan fingerprint density at radius 2 is 1.67 bits per heavy atom. The summed E-state index contributed by atoms with van der Waals surface area (Å²) in [5.41, 5.74) is 1.27. The zero-order valence-electron chi connectivity index (χ0n) is 13.3. The van der Waals surface area contributed by atoms with Crippen molar-refractivity contribution in [1.82, 2.24) is 9.97 Å². The number of rotatable bonds is 3. The molecule has 0 radical (unpaired) electrons. The lowest BCUT2D eigenvalue weighted by atomic mass is 10.2. The summed E-state index contributed by atoms with van der Waals surface area (Å²) >= 11 is 0. The van der Waals surface area contributed by atoms with Gasteiger partial charge in [-0.1, -0.05) is 18.2 Å². The van der Waals surface area contributed by atoms with E-state index in [-0.39, 0.29) is 5.91 Å². The molecule has 0 atom stereocenters. The number of hydrogen-bond donors (Lipinski definition) is 1. The van der Waals surface area contributed by atoms with Crippen molar-refractivity contribution in [2.75, 3.05) is 23.3 Å². The summed E-state index contributed by atoms with van der Waals surface area (Å²) in [5.74, 6) is 1.31. The minimum Gasteiger partial charge on any atom is -0.357 e. The Kier molecular flexibility index (Phi) is 3.83. The average Bonchev–Trinajstić information content (AvgIpc) is 3.16. The highest BCUT2D eigenvalue weighted by molar-refractivity contribution is 6.04. The van der Waals surface area contributed by atoms with Gasteiger partial charge in [0.1, 0.15) is 11.6 Å². The van der Waals surface area contributed by atoms with Crippen LogP contribution in [0.3, 0.4) is 0 Å². The molecule has 5 heteroatoms. The number of nitrogens with zero attached hydrogens (tertiary/aromatic N) is 3. The SMILES string of the molecule is O=C(Nc1ccc2ccc(N3CCCC3)nc2n1)c1ccccc1. The predicted molar refractivity (Wildman–Crippen MR) is 95.4 cm³/mol. The first kappa shape index (κ1) is 14.6. The van der Waals surface area contributed by atoms with Crippen LogP contribution in [0.25, 0.3) is 11.0 Å². The monoisotopic (exact) mass is 318 g/mol. The van der Waals surface area contributed by atoms with Crippen LogP contribution in [-0.2, 0) is 0 Å². The zero-order valence-corrected chi connectivity index (χ0v) is 13.3. The maximum absolute atomic E-state index is 12.2. The van der Waals surface area contributed by atoms with Crippen molar-refractivity contribution in [3.63, 3.8) is 0 Å². The molecule has 1 fully saturated rings. The van der Waals surface area contributed by atoms with Crippen molar-refractivity contribution in [3.05, 3.63) is 60.2 Å². The van der Waals surface area contributed by atoms with Gasteiger partial charge in [-0.05, 0) is 49.2 Å². The minimum atomic E-state index is -0.168. The summed E-state index contributed by atoms with van der Waals surface area (Å²) < 4.78 is 0. The minimum absolute atomic E-state index is 0.168. The van der Waals surface area contributed by atoms with E-state index in [0.29, 0.717) is 17.0 Å². The Morgan fingerprint density at radius 3 is 2.46 bits per heavy atom. The summed E-state index contributed by atoms with van der Waals surface area (Å²) in [6.07, 6.45) is 2.42. The molecule has 0 saturated carbocycles. The van der Waals surface area contributed by atoms with Gasteiger partial charge < -0.3 is 10.2 Å². The number of hydrogen-bond acceptors (Lipinski definition) is 4. The third-order valence-corrected chi connectivity index (χ3v) is 4.25. The van der Waals surface area contributed by atoms with Crippen LogP contribution >= 0.6 is 0 Å². The fraction of sp³-hybridized carbons (Fsp3) is 0.211. The van der Waals surface area contributed by atoms with Gasteiger partial charge in [-0.15, -0.1) is 0 Å². The Morgan fingerprint density at radius 1 is 0.917 bits per heavy atom. The van der Waals surface area contributed by atoms with E-state index in [4.69, 9.17) is 0 Å². The van der Waals surface area contributed by atoms with Gasteiger partial charge in [0.05, 0.1) is 0 Å². The van der Waals surface area contributed by atoms with E-state index >= 15 is 0 Å². The Labute approximate surface area is 140 Å². The van der Waals surface area contributed by atoms with Crippen molar-refractivity contribution in [2.24, 2.45) is 0 Å². The molecule has 1 aliphatic heterocycles. The first-order chi connectivity index (χ1) is 11.8. The number of amides is 1. The molecule has 1 N–H and O–H groups in total. The Bertz CT molecular complexity index is 873. The van der Waals surface area contributed by atoms with Crippen LogP contribution in [0, 0.1) is 0 Å². The summed E-state index contributed by atoms with van der Waals surface area (Å²) in [6, 6.07) is 16.9. The highest BCUT2D eigenvalue weighted by Gasteiger charge is 2.14. The molecule has 2 aromatic heterocycles. The van der Waals surface area contributed by atoms with E-state index in [9.17, 15) is 4.79 Å². The smallest absolute Gasteiger partial charge is 0.256 e. The fourth-order valence-corrected chi connectivity index (χ4v) is 2.96. The third-order valence-electron chi connectivity index (χ3n) is 4.25. The molecule has 120 valence electrons. The number of fused-ring (bicyclic) bond motifs is 1. The second kappa shape index (κ2) is 6.28. The van der Waals surface area contributed by atoms with Gasteiger partial charge in [-0.2, -0.15) is 0 Å². The molecule has 1 aliphatic rings. The number of anilines is 2. The molecular weight excluding hydrogens is 300 g/mol. The topological polar surface area (TPSA) is 58.1 Å². The predicted octanol–water partition coefficient (Wildman–Crippen LogP) is 3.48. The Balaban J connectivity index is 1.60. The highest BCUT2D eigenvalue weighted by atomic mass is 16.1. The highest BCUT2D eigenvalue weighted by Crippen LogP contribution is 2.22. The lowest BCUT2D eigenvalue weighted by Gasteiger charge is -2.16. The molecule has 5 nitrogen and oxygen atoms in total. The van der Waals surface area contributed by atoms with Crippen molar-refractivity contribution in [2.45, 2.75) is 12.8 Å². The van der Waals surface area contributed by atoms with Crippen molar-refractivity contribution in [1.29, 1.82) is 0 Å². The molecule has 1 aromatic carbocycles. The van der Waals surface area contributed by atoms with Crippen LogP contribution in [0.2, 0.25) is 0 Å². The van der Waals surface area contributed by atoms with Gasteiger partial charge in [0.15, 0.2) is 5.65 Å². The number of pyridine rings is 2. The zero-order chi connectivity index (χ0) is 16.4. The number of carbonyl (C=O) groups excluding carboxylic acids is 1. The summed E-state index contributed by atoms with van der Waals surface area (Å²) in [5, 5.41) is 3.80. The van der Waals surface area contributed by atoms with Crippen LogP contribution in [0.15, 0.2) is 54.6 Å². The third kappa shape index (κ3) is 2.93. The first-order valence-corrected chi connectivity index (χ1v) is 8.19. The normalized spacial score (nSPS) is 14.1. The molecule has 3 aromatic rings.